The molecule has 0 aliphatic carbocycles. The number of carboxylic acids is 2. The normalized spacial score (nSPS) is 10.2. The van der Waals surface area contributed by atoms with Crippen molar-refractivity contribution in [1.29, 1.82) is 0 Å². The summed E-state index contributed by atoms with van der Waals surface area (Å²) in [5, 5.41) is 21.2. The van der Waals surface area contributed by atoms with Crippen molar-refractivity contribution in [2.75, 3.05) is 0 Å². The molecule has 0 N–H and O–H groups in total. The molecule has 22 heavy (non-hydrogen) atoms. The van der Waals surface area contributed by atoms with Crippen LogP contribution in [0.3, 0.4) is 0 Å². The number of carbonyl (C=O) groups excluding carboxylic acids is 3. The number of carboxylic acid groups (broad SMARTS) is 2. The molecule has 0 saturated carbocycles. The minimum absolute atomic E-state index is 0.272. The molecule has 0 amide bonds. The lowest BCUT2D eigenvalue weighted by molar-refractivity contribution is -0.306. The maximum atomic E-state index is 12.4. The number of carbonyl (C=O) groups is 3. The monoisotopic (exact) mass is 296 g/mol. The van der Waals surface area contributed by atoms with Gasteiger partial charge in [-0.05, 0) is 23.3 Å². The second-order valence-electron chi connectivity index (χ2n) is 4.83. The zero-order valence-corrected chi connectivity index (χ0v) is 11.6. The third kappa shape index (κ3) is 4.02. The number of ketones is 1. The molecule has 0 atom stereocenters. The van der Waals surface area contributed by atoms with Gasteiger partial charge in [-0.25, -0.2) is 0 Å². The Kier molecular flexibility index (Phi) is 4.68. The molecule has 5 nitrogen and oxygen atoms in total. The molecule has 2 aromatic rings. The summed E-state index contributed by atoms with van der Waals surface area (Å²) in [7, 11) is 0. The van der Waals surface area contributed by atoms with Gasteiger partial charge in [0.05, 0.1) is 0 Å². The standard InChI is InChI=1S/C17H14O5/c18-15(19)9-11-3-1-5-13(7-11)17(22)14-6-2-4-12(8-14)10-16(20)21/h1-8H,9-10H2,(H,18,19)(H,20,21)/p-2. The van der Waals surface area contributed by atoms with E-state index in [1.54, 1.807) is 36.4 Å². The molecule has 0 aliphatic heterocycles. The van der Waals surface area contributed by atoms with Crippen LogP contribution in [0.5, 0.6) is 0 Å². The molecule has 0 heterocycles. The first-order valence-corrected chi connectivity index (χ1v) is 6.58. The fourth-order valence-electron chi connectivity index (χ4n) is 2.15. The average Bonchev–Trinajstić information content (AvgIpc) is 2.45. The van der Waals surface area contributed by atoms with Crippen LogP contribution in [0.15, 0.2) is 48.5 Å². The summed E-state index contributed by atoms with van der Waals surface area (Å²) in [6.45, 7) is 0. The van der Waals surface area contributed by atoms with Crippen molar-refractivity contribution in [2.24, 2.45) is 0 Å². The SMILES string of the molecule is O=C([O-])Cc1cccc(C(=O)c2cccc(CC(=O)[O-])c2)c1. The predicted molar refractivity (Wildman–Crippen MR) is 73.7 cm³/mol. The highest BCUT2D eigenvalue weighted by atomic mass is 16.4. The van der Waals surface area contributed by atoms with Crippen LogP contribution < -0.4 is 10.2 Å². The van der Waals surface area contributed by atoms with Crippen LogP contribution in [0, 0.1) is 0 Å². The average molecular weight is 296 g/mol. The Balaban J connectivity index is 2.28. The van der Waals surface area contributed by atoms with Crippen molar-refractivity contribution in [3.63, 3.8) is 0 Å². The van der Waals surface area contributed by atoms with Gasteiger partial charge in [0, 0.05) is 35.9 Å². The number of hydrogen-bond acceptors (Lipinski definition) is 5. The van der Waals surface area contributed by atoms with Crippen molar-refractivity contribution in [3.05, 3.63) is 70.8 Å². The minimum atomic E-state index is -1.22. The van der Waals surface area contributed by atoms with Crippen molar-refractivity contribution >= 4 is 17.7 Å². The van der Waals surface area contributed by atoms with Crippen molar-refractivity contribution in [1.82, 2.24) is 0 Å². The summed E-state index contributed by atoms with van der Waals surface area (Å²) in [6.07, 6.45) is -0.544. The van der Waals surface area contributed by atoms with E-state index in [0.29, 0.717) is 22.3 Å². The highest BCUT2D eigenvalue weighted by Gasteiger charge is 2.10. The van der Waals surface area contributed by atoms with Gasteiger partial charge in [0.2, 0.25) is 0 Å². The lowest BCUT2D eigenvalue weighted by Gasteiger charge is -2.07. The van der Waals surface area contributed by atoms with Crippen LogP contribution in [-0.4, -0.2) is 17.7 Å². The molecule has 5 heteroatoms. The van der Waals surface area contributed by atoms with Gasteiger partial charge < -0.3 is 19.8 Å². The Bertz CT molecular complexity index is 672. The van der Waals surface area contributed by atoms with Crippen LogP contribution in [-0.2, 0) is 22.4 Å². The number of aliphatic carboxylic acids is 2. The van der Waals surface area contributed by atoms with E-state index >= 15 is 0 Å². The fraction of sp³-hybridized carbons (Fsp3) is 0.118. The lowest BCUT2D eigenvalue weighted by Crippen LogP contribution is -2.24. The summed E-state index contributed by atoms with van der Waals surface area (Å²) in [5.41, 5.74) is 1.61. The van der Waals surface area contributed by atoms with Gasteiger partial charge in [-0.15, -0.1) is 0 Å². The van der Waals surface area contributed by atoms with E-state index in [-0.39, 0.29) is 18.6 Å². The third-order valence-corrected chi connectivity index (χ3v) is 3.08. The highest BCUT2D eigenvalue weighted by molar-refractivity contribution is 6.09. The quantitative estimate of drug-likeness (QED) is 0.670. The Hall–Kier alpha value is -2.95. The van der Waals surface area contributed by atoms with Crippen molar-refractivity contribution < 1.29 is 24.6 Å². The number of rotatable bonds is 6. The first-order valence-electron chi connectivity index (χ1n) is 6.58. The molecular weight excluding hydrogens is 284 g/mol. The van der Waals surface area contributed by atoms with Crippen LogP contribution >= 0.6 is 0 Å². The van der Waals surface area contributed by atoms with Crippen LogP contribution in [0.1, 0.15) is 27.0 Å². The predicted octanol–water partition coefficient (Wildman–Crippen LogP) is -0.498. The maximum absolute atomic E-state index is 12.4. The second kappa shape index (κ2) is 6.67. The molecule has 112 valence electrons. The summed E-state index contributed by atoms with van der Waals surface area (Å²) < 4.78 is 0. The Labute approximate surface area is 126 Å². The molecule has 2 aromatic carbocycles. The summed E-state index contributed by atoms with van der Waals surface area (Å²) in [4.78, 5) is 33.6. The molecule has 0 unspecified atom stereocenters. The Morgan fingerprint density at radius 3 is 1.50 bits per heavy atom. The zero-order chi connectivity index (χ0) is 16.1. The maximum Gasteiger partial charge on any atom is 0.193 e. The zero-order valence-electron chi connectivity index (χ0n) is 11.6. The van der Waals surface area contributed by atoms with E-state index in [0.717, 1.165) is 0 Å². The van der Waals surface area contributed by atoms with Crippen LogP contribution in [0.2, 0.25) is 0 Å². The molecular formula is C17H12O5-2. The van der Waals surface area contributed by atoms with Crippen LogP contribution in [0.25, 0.3) is 0 Å². The van der Waals surface area contributed by atoms with Gasteiger partial charge in [0.15, 0.2) is 5.78 Å². The van der Waals surface area contributed by atoms with Crippen molar-refractivity contribution in [2.45, 2.75) is 12.8 Å². The first-order chi connectivity index (χ1) is 10.5. The number of hydrogen-bond donors (Lipinski definition) is 0. The molecule has 0 radical (unpaired) electrons. The smallest absolute Gasteiger partial charge is 0.193 e. The van der Waals surface area contributed by atoms with Gasteiger partial charge >= 0.3 is 0 Å². The van der Waals surface area contributed by atoms with Gasteiger partial charge in [0.1, 0.15) is 0 Å². The Morgan fingerprint density at radius 1 is 0.727 bits per heavy atom. The van der Waals surface area contributed by atoms with Gasteiger partial charge in [-0.1, -0.05) is 36.4 Å². The molecule has 2 rings (SSSR count). The van der Waals surface area contributed by atoms with E-state index in [9.17, 15) is 24.6 Å². The molecule has 0 saturated heterocycles. The van der Waals surface area contributed by atoms with Crippen molar-refractivity contribution in [3.8, 4) is 0 Å². The Morgan fingerprint density at radius 2 is 1.14 bits per heavy atom. The summed E-state index contributed by atoms with van der Waals surface area (Å²) in [6, 6.07) is 12.5. The lowest BCUT2D eigenvalue weighted by atomic mass is 9.98. The highest BCUT2D eigenvalue weighted by Crippen LogP contribution is 2.14. The van der Waals surface area contributed by atoms with E-state index in [1.165, 1.54) is 12.1 Å². The van der Waals surface area contributed by atoms with Crippen LogP contribution in [0.4, 0.5) is 0 Å². The van der Waals surface area contributed by atoms with Gasteiger partial charge in [0.25, 0.3) is 0 Å². The molecule has 0 spiro atoms. The molecule has 0 aliphatic rings. The van der Waals surface area contributed by atoms with E-state index in [4.69, 9.17) is 0 Å². The third-order valence-electron chi connectivity index (χ3n) is 3.08. The molecule has 0 fully saturated rings. The fourth-order valence-corrected chi connectivity index (χ4v) is 2.15. The van der Waals surface area contributed by atoms with Gasteiger partial charge in [-0.2, -0.15) is 0 Å². The molecule has 0 aromatic heterocycles. The van der Waals surface area contributed by atoms with Gasteiger partial charge in [-0.3, -0.25) is 4.79 Å². The first kappa shape index (κ1) is 15.4. The summed E-state index contributed by atoms with van der Waals surface area (Å²) in [5.74, 6) is -2.75. The summed E-state index contributed by atoms with van der Waals surface area (Å²) >= 11 is 0. The van der Waals surface area contributed by atoms with E-state index in [2.05, 4.69) is 0 Å². The largest absolute Gasteiger partial charge is 0.550 e. The van der Waals surface area contributed by atoms with E-state index < -0.39 is 11.9 Å². The van der Waals surface area contributed by atoms with E-state index in [1.807, 2.05) is 0 Å². The number of benzene rings is 2. The second-order valence-corrected chi connectivity index (χ2v) is 4.83. The minimum Gasteiger partial charge on any atom is -0.550 e. The molecule has 0 bridgehead atoms. The topological polar surface area (TPSA) is 97.3 Å².